The Labute approximate surface area is 119 Å². The molecule has 0 radical (unpaired) electrons. The summed E-state index contributed by atoms with van der Waals surface area (Å²) in [4.78, 5) is 15.5. The highest BCUT2D eigenvalue weighted by Gasteiger charge is 2.28. The number of carbonyl (C=O) groups excluding carboxylic acids is 1. The number of esters is 1. The lowest BCUT2D eigenvalue weighted by Gasteiger charge is -2.17. The molecule has 0 aromatic carbocycles. The molecule has 1 aromatic rings. The van der Waals surface area contributed by atoms with E-state index in [0.29, 0.717) is 12.4 Å². The van der Waals surface area contributed by atoms with Crippen molar-refractivity contribution < 1.29 is 17.9 Å². The van der Waals surface area contributed by atoms with E-state index in [1.165, 1.54) is 6.20 Å². The van der Waals surface area contributed by atoms with Crippen LogP contribution in [-0.2, 0) is 26.1 Å². The fraction of sp³-hybridized carbons (Fsp3) is 0.667. The first-order valence-corrected chi connectivity index (χ1v) is 8.00. The number of likely N-dealkylation sites (N-methyl/N-ethyl adjacent to an activating group) is 1. The minimum absolute atomic E-state index is 0.0389. The lowest BCUT2D eigenvalue weighted by atomic mass is 10.6. The Kier molecular flexibility index (Phi) is 5.70. The Balaban J connectivity index is 3.02. The van der Waals surface area contributed by atoms with Crippen molar-refractivity contribution in [2.45, 2.75) is 39.3 Å². The maximum atomic E-state index is 12.4. The SMILES string of the molecule is CCOC(=O)CN(CC)S(=O)(=O)c1cn(CC)c(C)n1. The monoisotopic (exact) mass is 303 g/mol. The predicted octanol–water partition coefficient (Wildman–Crippen LogP) is 0.785. The minimum Gasteiger partial charge on any atom is -0.465 e. The number of hydrogen-bond acceptors (Lipinski definition) is 5. The molecule has 0 aliphatic heterocycles. The average Bonchev–Trinajstić information content (AvgIpc) is 2.78. The molecular formula is C12H21N3O4S. The Morgan fingerprint density at radius 2 is 2.05 bits per heavy atom. The maximum Gasteiger partial charge on any atom is 0.321 e. The van der Waals surface area contributed by atoms with Gasteiger partial charge in [-0.15, -0.1) is 0 Å². The van der Waals surface area contributed by atoms with Crippen molar-refractivity contribution in [1.82, 2.24) is 13.9 Å². The zero-order valence-electron chi connectivity index (χ0n) is 12.3. The molecule has 0 unspecified atom stereocenters. The first-order valence-electron chi connectivity index (χ1n) is 6.56. The standard InChI is InChI=1S/C12H21N3O4S/c1-5-14-8-11(13-10(14)4)20(17,18)15(6-2)9-12(16)19-7-3/h8H,5-7,9H2,1-4H3. The van der Waals surface area contributed by atoms with Gasteiger partial charge in [0.25, 0.3) is 10.0 Å². The number of hydrogen-bond donors (Lipinski definition) is 0. The number of sulfonamides is 1. The molecule has 0 fully saturated rings. The van der Waals surface area contributed by atoms with Crippen LogP contribution in [0.4, 0.5) is 0 Å². The van der Waals surface area contributed by atoms with Crippen LogP contribution in [0, 0.1) is 6.92 Å². The van der Waals surface area contributed by atoms with Gasteiger partial charge < -0.3 is 9.30 Å². The van der Waals surface area contributed by atoms with Gasteiger partial charge in [-0.3, -0.25) is 4.79 Å². The predicted molar refractivity (Wildman–Crippen MR) is 73.7 cm³/mol. The Hall–Kier alpha value is -1.41. The van der Waals surface area contributed by atoms with Crippen molar-refractivity contribution in [3.05, 3.63) is 12.0 Å². The van der Waals surface area contributed by atoms with Gasteiger partial charge in [0, 0.05) is 19.3 Å². The lowest BCUT2D eigenvalue weighted by Crippen LogP contribution is -2.36. The van der Waals surface area contributed by atoms with Crippen LogP contribution in [0.1, 0.15) is 26.6 Å². The molecule has 0 N–H and O–H groups in total. The van der Waals surface area contributed by atoms with Crippen LogP contribution in [0.25, 0.3) is 0 Å². The topological polar surface area (TPSA) is 81.5 Å². The molecular weight excluding hydrogens is 282 g/mol. The Morgan fingerprint density at radius 1 is 1.40 bits per heavy atom. The maximum absolute atomic E-state index is 12.4. The number of ether oxygens (including phenoxy) is 1. The molecule has 0 bridgehead atoms. The quantitative estimate of drug-likeness (QED) is 0.695. The molecule has 0 saturated carbocycles. The second-order valence-electron chi connectivity index (χ2n) is 4.15. The van der Waals surface area contributed by atoms with Crippen molar-refractivity contribution in [1.29, 1.82) is 0 Å². The van der Waals surface area contributed by atoms with E-state index >= 15 is 0 Å². The van der Waals surface area contributed by atoms with E-state index in [0.717, 1.165) is 4.31 Å². The molecule has 0 saturated heterocycles. The van der Waals surface area contributed by atoms with Crippen molar-refractivity contribution >= 4 is 16.0 Å². The summed E-state index contributed by atoms with van der Waals surface area (Å²) in [6.07, 6.45) is 1.48. The number of aromatic nitrogens is 2. The second kappa shape index (κ2) is 6.85. The smallest absolute Gasteiger partial charge is 0.321 e. The zero-order chi connectivity index (χ0) is 15.3. The zero-order valence-corrected chi connectivity index (χ0v) is 13.1. The van der Waals surface area contributed by atoms with Crippen LogP contribution in [0.15, 0.2) is 11.2 Å². The van der Waals surface area contributed by atoms with Gasteiger partial charge in [-0.25, -0.2) is 13.4 Å². The van der Waals surface area contributed by atoms with E-state index in [1.54, 1.807) is 25.3 Å². The highest BCUT2D eigenvalue weighted by atomic mass is 32.2. The van der Waals surface area contributed by atoms with Crippen LogP contribution in [-0.4, -0.2) is 47.9 Å². The number of imidazole rings is 1. The number of rotatable bonds is 7. The molecule has 20 heavy (non-hydrogen) atoms. The molecule has 1 heterocycles. The third-order valence-corrected chi connectivity index (χ3v) is 4.65. The number of carbonyl (C=O) groups is 1. The molecule has 0 aliphatic carbocycles. The normalized spacial score (nSPS) is 11.8. The lowest BCUT2D eigenvalue weighted by molar-refractivity contribution is -0.143. The third-order valence-electron chi connectivity index (χ3n) is 2.86. The van der Waals surface area contributed by atoms with Crippen LogP contribution in [0.5, 0.6) is 0 Å². The van der Waals surface area contributed by atoms with Gasteiger partial charge in [0.15, 0.2) is 5.03 Å². The molecule has 0 aliphatic rings. The van der Waals surface area contributed by atoms with Gasteiger partial charge in [-0.1, -0.05) is 6.92 Å². The summed E-state index contributed by atoms with van der Waals surface area (Å²) in [5.74, 6) is 0.0582. The van der Waals surface area contributed by atoms with Crippen LogP contribution < -0.4 is 0 Å². The Bertz CT molecular complexity index is 565. The van der Waals surface area contributed by atoms with Gasteiger partial charge >= 0.3 is 5.97 Å². The van der Waals surface area contributed by atoms with E-state index in [-0.39, 0.29) is 24.7 Å². The van der Waals surface area contributed by atoms with E-state index in [1.807, 2.05) is 6.92 Å². The summed E-state index contributed by atoms with van der Waals surface area (Å²) in [7, 11) is -3.78. The van der Waals surface area contributed by atoms with Crippen molar-refractivity contribution in [3.8, 4) is 0 Å². The molecule has 114 valence electrons. The molecule has 8 heteroatoms. The number of nitrogens with zero attached hydrogens (tertiary/aromatic N) is 3. The highest BCUT2D eigenvalue weighted by molar-refractivity contribution is 7.89. The summed E-state index contributed by atoms with van der Waals surface area (Å²) in [5, 5.41) is -0.0389. The fourth-order valence-electron chi connectivity index (χ4n) is 1.77. The van der Waals surface area contributed by atoms with Crippen molar-refractivity contribution in [2.24, 2.45) is 0 Å². The minimum atomic E-state index is -3.78. The van der Waals surface area contributed by atoms with Gasteiger partial charge in [-0.2, -0.15) is 4.31 Å². The first-order chi connectivity index (χ1) is 9.36. The van der Waals surface area contributed by atoms with Gasteiger partial charge in [0.2, 0.25) is 0 Å². The largest absolute Gasteiger partial charge is 0.465 e. The van der Waals surface area contributed by atoms with E-state index < -0.39 is 16.0 Å². The average molecular weight is 303 g/mol. The summed E-state index contributed by atoms with van der Waals surface area (Å²) in [6, 6.07) is 0. The summed E-state index contributed by atoms with van der Waals surface area (Å²) in [6.45, 7) is 7.73. The molecule has 1 rings (SSSR count). The summed E-state index contributed by atoms with van der Waals surface area (Å²) >= 11 is 0. The van der Waals surface area contributed by atoms with Crippen molar-refractivity contribution in [3.63, 3.8) is 0 Å². The molecule has 7 nitrogen and oxygen atoms in total. The Morgan fingerprint density at radius 3 is 2.50 bits per heavy atom. The van der Waals surface area contributed by atoms with E-state index in [2.05, 4.69) is 4.98 Å². The highest BCUT2D eigenvalue weighted by Crippen LogP contribution is 2.15. The van der Waals surface area contributed by atoms with Gasteiger partial charge in [0.1, 0.15) is 12.4 Å². The third kappa shape index (κ3) is 3.57. The van der Waals surface area contributed by atoms with E-state index in [9.17, 15) is 13.2 Å². The van der Waals surface area contributed by atoms with Crippen molar-refractivity contribution in [2.75, 3.05) is 19.7 Å². The van der Waals surface area contributed by atoms with Gasteiger partial charge in [0.05, 0.1) is 6.61 Å². The number of aryl methyl sites for hydroxylation is 2. The van der Waals surface area contributed by atoms with Gasteiger partial charge in [-0.05, 0) is 20.8 Å². The van der Waals surface area contributed by atoms with Crippen LogP contribution in [0.2, 0.25) is 0 Å². The van der Waals surface area contributed by atoms with E-state index in [4.69, 9.17) is 4.74 Å². The molecule has 0 amide bonds. The fourth-order valence-corrected chi connectivity index (χ4v) is 3.16. The summed E-state index contributed by atoms with van der Waals surface area (Å²) in [5.41, 5.74) is 0. The molecule has 1 aromatic heterocycles. The molecule has 0 spiro atoms. The first kappa shape index (κ1) is 16.6. The molecule has 0 atom stereocenters. The van der Waals surface area contributed by atoms with Crippen LogP contribution >= 0.6 is 0 Å². The van der Waals surface area contributed by atoms with Crippen LogP contribution in [0.3, 0.4) is 0 Å². The summed E-state index contributed by atoms with van der Waals surface area (Å²) < 4.78 is 32.4. The second-order valence-corrected chi connectivity index (χ2v) is 6.03.